The molecular weight excluding hydrogens is 442 g/mol. The van der Waals surface area contributed by atoms with Gasteiger partial charge in [-0.2, -0.15) is 0 Å². The highest BCUT2D eigenvalue weighted by Crippen LogP contribution is 2.49. The number of nitrogens with zero attached hydrogens (tertiary/aromatic N) is 1. The number of aromatic hydroxyl groups is 1. The monoisotopic (exact) mass is 475 g/mol. The molecule has 2 fully saturated rings. The van der Waals surface area contributed by atoms with Crippen LogP contribution in [-0.2, 0) is 11.3 Å². The number of amides is 1. The molecule has 2 aliphatic heterocycles. The molecule has 3 aromatic rings. The molecule has 2 aromatic carbocycles. The molecule has 7 nitrogen and oxygen atoms in total. The van der Waals surface area contributed by atoms with Gasteiger partial charge in [-0.1, -0.05) is 56.5 Å². The number of likely N-dealkylation sites (tertiary alicyclic amines) is 1. The second-order valence-corrected chi connectivity index (χ2v) is 9.35. The molecule has 4 unspecified atom stereocenters. The zero-order chi connectivity index (χ0) is 24.2. The lowest BCUT2D eigenvalue weighted by Crippen LogP contribution is -2.41. The number of fused-ring (bicyclic) bond motifs is 1. The third kappa shape index (κ3) is 4.79. The minimum Gasteiger partial charge on any atom is -0.508 e. The fraction of sp³-hybridized carbons (Fsp3) is 0.393. The highest BCUT2D eigenvalue weighted by Gasteiger charge is 2.55. The first-order valence-electron chi connectivity index (χ1n) is 12.5. The molecule has 0 bridgehead atoms. The first kappa shape index (κ1) is 23.5. The summed E-state index contributed by atoms with van der Waals surface area (Å²) in [5.41, 5.74) is 8.28. The second kappa shape index (κ2) is 10.5. The van der Waals surface area contributed by atoms with Crippen LogP contribution in [0.1, 0.15) is 61.6 Å². The number of para-hydroxylation sites is 1. The van der Waals surface area contributed by atoms with Crippen LogP contribution in [-0.4, -0.2) is 28.6 Å². The molecule has 3 heterocycles. The van der Waals surface area contributed by atoms with E-state index in [0.29, 0.717) is 13.2 Å². The quantitative estimate of drug-likeness (QED) is 0.363. The minimum absolute atomic E-state index is 0.0121. The molecule has 0 saturated carbocycles. The van der Waals surface area contributed by atoms with Crippen molar-refractivity contribution < 1.29 is 19.1 Å². The van der Waals surface area contributed by atoms with Crippen LogP contribution in [0.2, 0.25) is 0 Å². The van der Waals surface area contributed by atoms with Crippen molar-refractivity contribution in [3.63, 3.8) is 0 Å². The Morgan fingerprint density at radius 1 is 0.971 bits per heavy atom. The zero-order valence-corrected chi connectivity index (χ0v) is 20.0. The first-order chi connectivity index (χ1) is 17.2. The van der Waals surface area contributed by atoms with Gasteiger partial charge in [0.25, 0.3) is 0 Å². The summed E-state index contributed by atoms with van der Waals surface area (Å²) in [6, 6.07) is 18.3. The van der Waals surface area contributed by atoms with E-state index in [1.54, 1.807) is 18.4 Å². The van der Waals surface area contributed by atoms with Gasteiger partial charge in [0.1, 0.15) is 23.3 Å². The van der Waals surface area contributed by atoms with Crippen molar-refractivity contribution in [2.45, 2.75) is 57.3 Å². The average molecular weight is 476 g/mol. The maximum atomic E-state index is 13.5. The zero-order valence-electron chi connectivity index (χ0n) is 20.0. The first-order valence-corrected chi connectivity index (χ1v) is 12.5. The topological polar surface area (TPSA) is 87.0 Å². The molecule has 2 aliphatic rings. The molecule has 3 N–H and O–H groups in total. The SMILES string of the molecule is CCCCCCOc1ccc(C2C3C(NNC3c3ccccc3O)C(=O)N2Cc2ccco2)cc1. The molecule has 35 heavy (non-hydrogen) atoms. The van der Waals surface area contributed by atoms with Gasteiger partial charge in [0.15, 0.2) is 0 Å². The number of hydrogen-bond acceptors (Lipinski definition) is 6. The van der Waals surface area contributed by atoms with Crippen molar-refractivity contribution in [1.82, 2.24) is 15.8 Å². The normalized spacial score (nSPS) is 23.6. The van der Waals surface area contributed by atoms with E-state index >= 15 is 0 Å². The number of phenolic OH excluding ortho intramolecular Hbond substituents is 1. The van der Waals surface area contributed by atoms with Gasteiger partial charge < -0.3 is 19.2 Å². The van der Waals surface area contributed by atoms with Crippen LogP contribution >= 0.6 is 0 Å². The molecule has 184 valence electrons. The van der Waals surface area contributed by atoms with E-state index in [4.69, 9.17) is 9.15 Å². The van der Waals surface area contributed by atoms with Gasteiger partial charge in [-0.25, -0.2) is 10.9 Å². The fourth-order valence-corrected chi connectivity index (χ4v) is 5.34. The molecule has 7 heteroatoms. The molecule has 4 atom stereocenters. The van der Waals surface area contributed by atoms with Crippen LogP contribution in [0.4, 0.5) is 0 Å². The molecular formula is C28H33N3O4. The van der Waals surface area contributed by atoms with E-state index < -0.39 is 6.04 Å². The maximum Gasteiger partial charge on any atom is 0.242 e. The Morgan fingerprint density at radius 3 is 2.51 bits per heavy atom. The van der Waals surface area contributed by atoms with Crippen LogP contribution < -0.4 is 15.6 Å². The van der Waals surface area contributed by atoms with E-state index in [-0.39, 0.29) is 29.7 Å². The molecule has 0 radical (unpaired) electrons. The number of benzene rings is 2. The number of furan rings is 1. The van der Waals surface area contributed by atoms with Gasteiger partial charge in [-0.05, 0) is 42.3 Å². The number of rotatable bonds is 10. The van der Waals surface area contributed by atoms with E-state index in [1.807, 2.05) is 41.3 Å². The lowest BCUT2D eigenvalue weighted by Gasteiger charge is -2.31. The van der Waals surface area contributed by atoms with E-state index in [0.717, 1.165) is 29.1 Å². The smallest absolute Gasteiger partial charge is 0.242 e. The van der Waals surface area contributed by atoms with Crippen LogP contribution in [0, 0.1) is 5.92 Å². The third-order valence-electron chi connectivity index (χ3n) is 7.08. The summed E-state index contributed by atoms with van der Waals surface area (Å²) in [6.45, 7) is 3.29. The van der Waals surface area contributed by atoms with Crippen molar-refractivity contribution in [3.8, 4) is 11.5 Å². The number of hydrazine groups is 1. The highest BCUT2D eigenvalue weighted by molar-refractivity contribution is 5.86. The van der Waals surface area contributed by atoms with Crippen LogP contribution in [0.5, 0.6) is 11.5 Å². The van der Waals surface area contributed by atoms with E-state index in [2.05, 4.69) is 29.9 Å². The predicted octanol–water partition coefficient (Wildman–Crippen LogP) is 4.86. The molecule has 0 aliphatic carbocycles. The Labute approximate surface area is 206 Å². The summed E-state index contributed by atoms with van der Waals surface area (Å²) < 4.78 is 11.5. The number of carbonyl (C=O) groups excluding carboxylic acids is 1. The van der Waals surface area contributed by atoms with Crippen molar-refractivity contribution in [1.29, 1.82) is 0 Å². The van der Waals surface area contributed by atoms with Crippen molar-refractivity contribution in [3.05, 3.63) is 83.8 Å². The number of nitrogens with one attached hydrogen (secondary N) is 2. The van der Waals surface area contributed by atoms with E-state index in [1.165, 1.54) is 19.3 Å². The van der Waals surface area contributed by atoms with Gasteiger partial charge in [0, 0.05) is 11.5 Å². The summed E-state index contributed by atoms with van der Waals surface area (Å²) in [5, 5.41) is 10.6. The van der Waals surface area contributed by atoms with Crippen molar-refractivity contribution in [2.75, 3.05) is 6.61 Å². The second-order valence-electron chi connectivity index (χ2n) is 9.35. The molecule has 1 aromatic heterocycles. The van der Waals surface area contributed by atoms with Gasteiger partial charge in [-0.15, -0.1) is 0 Å². The molecule has 1 amide bonds. The molecule has 5 rings (SSSR count). The third-order valence-corrected chi connectivity index (χ3v) is 7.08. The van der Waals surface area contributed by atoms with Crippen LogP contribution in [0.15, 0.2) is 71.3 Å². The van der Waals surface area contributed by atoms with Crippen LogP contribution in [0.3, 0.4) is 0 Å². The Bertz CT molecular complexity index is 1120. The Hall–Kier alpha value is -3.29. The number of phenols is 1. The largest absolute Gasteiger partial charge is 0.508 e. The standard InChI is InChI=1S/C28H33N3O4/c1-2-3-4-7-16-34-20-14-12-19(13-15-20)27-24-25(22-10-5-6-11-23(22)32)29-30-26(24)28(33)31(27)18-21-9-8-17-35-21/h5-6,8-15,17,24-27,29-30,32H,2-4,7,16,18H2,1H3. The van der Waals surface area contributed by atoms with Crippen LogP contribution in [0.25, 0.3) is 0 Å². The lowest BCUT2D eigenvalue weighted by atomic mass is 9.83. The number of hydrogen-bond donors (Lipinski definition) is 3. The number of carbonyl (C=O) groups is 1. The average Bonchev–Trinajstić information content (AvgIpc) is 3.60. The Morgan fingerprint density at radius 2 is 1.77 bits per heavy atom. The number of unbranched alkanes of at least 4 members (excludes halogenated alkanes) is 3. The maximum absolute atomic E-state index is 13.5. The van der Waals surface area contributed by atoms with Gasteiger partial charge in [0.2, 0.25) is 5.91 Å². The number of ether oxygens (including phenoxy) is 1. The summed E-state index contributed by atoms with van der Waals surface area (Å²) >= 11 is 0. The summed E-state index contributed by atoms with van der Waals surface area (Å²) in [4.78, 5) is 15.4. The molecule has 0 spiro atoms. The Kier molecular flexibility index (Phi) is 7.06. The summed E-state index contributed by atoms with van der Waals surface area (Å²) in [5.74, 6) is 1.69. The van der Waals surface area contributed by atoms with Gasteiger partial charge in [-0.3, -0.25) is 4.79 Å². The fourth-order valence-electron chi connectivity index (χ4n) is 5.34. The molecule has 2 saturated heterocycles. The highest BCUT2D eigenvalue weighted by atomic mass is 16.5. The summed E-state index contributed by atoms with van der Waals surface area (Å²) in [6.07, 6.45) is 6.29. The van der Waals surface area contributed by atoms with Crippen molar-refractivity contribution in [2.24, 2.45) is 5.92 Å². The predicted molar refractivity (Wildman–Crippen MR) is 132 cm³/mol. The van der Waals surface area contributed by atoms with Gasteiger partial charge >= 0.3 is 0 Å². The van der Waals surface area contributed by atoms with E-state index in [9.17, 15) is 9.90 Å². The lowest BCUT2D eigenvalue weighted by molar-refractivity contribution is -0.131. The van der Waals surface area contributed by atoms with Gasteiger partial charge in [0.05, 0.1) is 31.5 Å². The summed E-state index contributed by atoms with van der Waals surface area (Å²) in [7, 11) is 0. The Balaban J connectivity index is 1.42. The van der Waals surface area contributed by atoms with Crippen molar-refractivity contribution >= 4 is 5.91 Å². The minimum atomic E-state index is -0.408.